The van der Waals surface area contributed by atoms with E-state index in [0.29, 0.717) is 5.70 Å². The van der Waals surface area contributed by atoms with Gasteiger partial charge in [0.05, 0.1) is 12.8 Å². The van der Waals surface area contributed by atoms with E-state index in [1.54, 1.807) is 19.4 Å². The molecular weight excluding hydrogens is 200 g/mol. The maximum Gasteiger partial charge on any atom is 0.118 e. The number of ether oxygens (including phenoxy) is 1. The van der Waals surface area contributed by atoms with Crippen LogP contribution < -0.4 is 10.1 Å². The topological polar surface area (TPSA) is 33.6 Å². The summed E-state index contributed by atoms with van der Waals surface area (Å²) in [6.45, 7) is 7.80. The van der Waals surface area contributed by atoms with Crippen molar-refractivity contribution in [3.05, 3.63) is 54.4 Å². The lowest BCUT2D eigenvalue weighted by Gasteiger charge is -2.03. The van der Waals surface area contributed by atoms with Crippen molar-refractivity contribution in [1.29, 1.82) is 0 Å². The van der Waals surface area contributed by atoms with Crippen LogP contribution in [0, 0.1) is 0 Å². The number of hydrogen-bond acceptors (Lipinski definition) is 3. The smallest absolute Gasteiger partial charge is 0.118 e. The zero-order chi connectivity index (χ0) is 11.8. The van der Waals surface area contributed by atoms with E-state index < -0.39 is 0 Å². The van der Waals surface area contributed by atoms with Gasteiger partial charge in [-0.15, -0.1) is 0 Å². The zero-order valence-electron chi connectivity index (χ0n) is 9.44. The maximum absolute atomic E-state index is 5.08. The molecule has 0 radical (unpaired) electrons. The molecule has 0 heterocycles. The molecule has 1 N–H and O–H groups in total. The third-order valence-electron chi connectivity index (χ3n) is 2.06. The monoisotopic (exact) mass is 216 g/mol. The molecule has 0 aliphatic carbocycles. The van der Waals surface area contributed by atoms with Crippen LogP contribution in [0.1, 0.15) is 5.56 Å². The second kappa shape index (κ2) is 6.45. The fourth-order valence-corrected chi connectivity index (χ4v) is 1.13. The van der Waals surface area contributed by atoms with Crippen LogP contribution in [0.3, 0.4) is 0 Å². The number of benzene rings is 1. The highest BCUT2D eigenvalue weighted by Gasteiger charge is 1.92. The Morgan fingerprint density at radius 1 is 1.44 bits per heavy atom. The van der Waals surface area contributed by atoms with Gasteiger partial charge in [0.1, 0.15) is 5.75 Å². The number of aliphatic imine (C=N–C) groups is 1. The second-order valence-corrected chi connectivity index (χ2v) is 3.21. The highest BCUT2D eigenvalue weighted by atomic mass is 16.5. The molecule has 0 aliphatic rings. The molecule has 0 atom stereocenters. The van der Waals surface area contributed by atoms with E-state index in [-0.39, 0.29) is 0 Å². The normalized spacial score (nSPS) is 10.1. The van der Waals surface area contributed by atoms with E-state index in [9.17, 15) is 0 Å². The Bertz CT molecular complexity index is 379. The van der Waals surface area contributed by atoms with Gasteiger partial charge in [0.25, 0.3) is 0 Å². The summed E-state index contributed by atoms with van der Waals surface area (Å²) in [6, 6.07) is 7.90. The van der Waals surface area contributed by atoms with Crippen LogP contribution in [0.25, 0.3) is 0 Å². The molecule has 0 saturated carbocycles. The minimum absolute atomic E-state index is 0.641. The van der Waals surface area contributed by atoms with Gasteiger partial charge in [-0.2, -0.15) is 0 Å². The lowest BCUT2D eigenvalue weighted by molar-refractivity contribution is 0.414. The minimum Gasteiger partial charge on any atom is -0.497 e. The van der Waals surface area contributed by atoms with Gasteiger partial charge in [-0.1, -0.05) is 18.7 Å². The molecule has 0 amide bonds. The van der Waals surface area contributed by atoms with Crippen molar-refractivity contribution in [3.63, 3.8) is 0 Å². The van der Waals surface area contributed by atoms with Crippen molar-refractivity contribution in [2.24, 2.45) is 4.99 Å². The molecule has 1 aromatic rings. The Morgan fingerprint density at radius 3 is 2.69 bits per heavy atom. The van der Waals surface area contributed by atoms with E-state index in [1.807, 2.05) is 24.3 Å². The third kappa shape index (κ3) is 4.00. The van der Waals surface area contributed by atoms with E-state index in [1.165, 1.54) is 5.56 Å². The standard InChI is InChI=1S/C13H16N2O/c1-11(14-2)8-9-15-10-12-4-6-13(16-3)7-5-12/h4-9,15H,1-2,10H2,3H3/b9-8-. The van der Waals surface area contributed by atoms with Crippen molar-refractivity contribution >= 4 is 6.72 Å². The Labute approximate surface area is 96.2 Å². The van der Waals surface area contributed by atoms with Gasteiger partial charge in [-0.25, -0.2) is 0 Å². The van der Waals surface area contributed by atoms with Crippen LogP contribution in [-0.4, -0.2) is 13.8 Å². The molecule has 0 aliphatic heterocycles. The van der Waals surface area contributed by atoms with Crippen LogP contribution in [0.2, 0.25) is 0 Å². The fraction of sp³-hybridized carbons (Fsp3) is 0.154. The molecule has 0 aromatic heterocycles. The van der Waals surface area contributed by atoms with Crippen LogP contribution >= 0.6 is 0 Å². The van der Waals surface area contributed by atoms with Crippen molar-refractivity contribution < 1.29 is 4.74 Å². The number of nitrogens with one attached hydrogen (secondary N) is 1. The molecule has 0 fully saturated rings. The van der Waals surface area contributed by atoms with Gasteiger partial charge in [0.2, 0.25) is 0 Å². The van der Waals surface area contributed by atoms with E-state index in [2.05, 4.69) is 23.6 Å². The van der Waals surface area contributed by atoms with E-state index in [4.69, 9.17) is 4.74 Å². The summed E-state index contributed by atoms with van der Waals surface area (Å²) in [7, 11) is 1.66. The largest absolute Gasteiger partial charge is 0.497 e. The zero-order valence-corrected chi connectivity index (χ0v) is 9.44. The first kappa shape index (κ1) is 12.0. The van der Waals surface area contributed by atoms with Gasteiger partial charge >= 0.3 is 0 Å². The first-order valence-electron chi connectivity index (χ1n) is 4.94. The van der Waals surface area contributed by atoms with Crippen LogP contribution in [0.15, 0.2) is 53.8 Å². The summed E-state index contributed by atoms with van der Waals surface area (Å²) in [5, 5.41) is 3.13. The molecule has 84 valence electrons. The number of rotatable bonds is 6. The first-order valence-corrected chi connectivity index (χ1v) is 4.94. The minimum atomic E-state index is 0.641. The predicted molar refractivity (Wildman–Crippen MR) is 67.7 cm³/mol. The molecule has 3 heteroatoms. The molecule has 3 nitrogen and oxygen atoms in total. The average Bonchev–Trinajstić information content (AvgIpc) is 2.35. The van der Waals surface area contributed by atoms with Crippen LogP contribution in [0.4, 0.5) is 0 Å². The van der Waals surface area contributed by atoms with Crippen LogP contribution in [0.5, 0.6) is 5.75 Å². The van der Waals surface area contributed by atoms with Gasteiger partial charge in [-0.05, 0) is 36.7 Å². The molecule has 1 aromatic carbocycles. The molecule has 16 heavy (non-hydrogen) atoms. The molecule has 0 saturated heterocycles. The van der Waals surface area contributed by atoms with Crippen LogP contribution in [-0.2, 0) is 6.54 Å². The lowest BCUT2D eigenvalue weighted by atomic mass is 10.2. The summed E-state index contributed by atoms with van der Waals surface area (Å²) < 4.78 is 5.08. The van der Waals surface area contributed by atoms with Crippen molar-refractivity contribution in [1.82, 2.24) is 5.32 Å². The van der Waals surface area contributed by atoms with Crippen molar-refractivity contribution in [2.45, 2.75) is 6.54 Å². The van der Waals surface area contributed by atoms with Crippen molar-refractivity contribution in [2.75, 3.05) is 7.11 Å². The second-order valence-electron chi connectivity index (χ2n) is 3.21. The number of nitrogens with zero attached hydrogens (tertiary/aromatic N) is 1. The third-order valence-corrected chi connectivity index (χ3v) is 2.06. The fourth-order valence-electron chi connectivity index (χ4n) is 1.13. The summed E-state index contributed by atoms with van der Waals surface area (Å²) in [5.41, 5.74) is 1.82. The average molecular weight is 216 g/mol. The molecule has 1 rings (SSSR count). The summed E-state index contributed by atoms with van der Waals surface area (Å²) in [6.07, 6.45) is 3.58. The van der Waals surface area contributed by atoms with E-state index >= 15 is 0 Å². The maximum atomic E-state index is 5.08. The molecule has 0 bridgehead atoms. The first-order chi connectivity index (χ1) is 7.76. The summed E-state index contributed by atoms with van der Waals surface area (Å²) >= 11 is 0. The molecule has 0 spiro atoms. The highest BCUT2D eigenvalue weighted by molar-refractivity contribution is 5.31. The number of allylic oxidation sites excluding steroid dienone is 1. The van der Waals surface area contributed by atoms with Gasteiger partial charge in [0.15, 0.2) is 0 Å². The predicted octanol–water partition coefficient (Wildman–Crippen LogP) is 2.51. The Balaban J connectivity index is 2.40. The Morgan fingerprint density at radius 2 is 2.12 bits per heavy atom. The van der Waals surface area contributed by atoms with Gasteiger partial charge < -0.3 is 10.1 Å². The SMILES string of the molecule is C=NC(=C)/C=C\NCc1ccc(OC)cc1. The Hall–Kier alpha value is -2.03. The summed E-state index contributed by atoms with van der Waals surface area (Å²) in [5.74, 6) is 0.864. The van der Waals surface area contributed by atoms with Crippen molar-refractivity contribution in [3.8, 4) is 5.75 Å². The van der Waals surface area contributed by atoms with Gasteiger partial charge in [0, 0.05) is 6.54 Å². The lowest BCUT2D eigenvalue weighted by Crippen LogP contribution is -2.04. The van der Waals surface area contributed by atoms with Gasteiger partial charge in [-0.3, -0.25) is 4.99 Å². The highest BCUT2D eigenvalue weighted by Crippen LogP contribution is 2.10. The Kier molecular flexibility index (Phi) is 4.86. The molecule has 0 unspecified atom stereocenters. The van der Waals surface area contributed by atoms with E-state index in [0.717, 1.165) is 12.3 Å². The summed E-state index contributed by atoms with van der Waals surface area (Å²) in [4.78, 5) is 3.67. The quantitative estimate of drug-likeness (QED) is 0.585. The number of methoxy groups -OCH3 is 1. The number of hydrogen-bond donors (Lipinski definition) is 1. The molecular formula is C13H16N2O.